The van der Waals surface area contributed by atoms with Crippen LogP contribution in [0.1, 0.15) is 23.2 Å². The van der Waals surface area contributed by atoms with E-state index in [0.29, 0.717) is 23.8 Å². The Kier molecular flexibility index (Phi) is 5.83. The van der Waals surface area contributed by atoms with Crippen LogP contribution in [-0.2, 0) is 11.8 Å². The molecule has 2 heterocycles. The summed E-state index contributed by atoms with van der Waals surface area (Å²) in [6, 6.07) is 3.59. The number of anilines is 1. The first-order valence-electron chi connectivity index (χ1n) is 7.58. The van der Waals surface area contributed by atoms with Crippen LogP contribution in [-0.4, -0.2) is 58.5 Å². The zero-order chi connectivity index (χ0) is 18.4. The average molecular weight is 344 g/mol. The second kappa shape index (κ2) is 8.04. The van der Waals surface area contributed by atoms with Gasteiger partial charge in [0.05, 0.1) is 31.4 Å². The maximum Gasteiger partial charge on any atom is 0.429 e. The minimum Gasteiger partial charge on any atom is -0.451 e. The number of imidazole rings is 1. The second-order valence-corrected chi connectivity index (χ2v) is 5.06. The fourth-order valence-electron chi connectivity index (χ4n) is 2.16. The third-order valence-corrected chi connectivity index (χ3v) is 3.55. The number of pyridine rings is 1. The van der Waals surface area contributed by atoms with Gasteiger partial charge < -0.3 is 14.2 Å². The molecule has 9 nitrogen and oxygen atoms in total. The number of carbonyl (C=O) groups is 2. The molecule has 0 N–H and O–H groups in total. The van der Waals surface area contributed by atoms with Crippen molar-refractivity contribution in [3.05, 3.63) is 42.2 Å². The number of hydrogen-bond acceptors (Lipinski definition) is 6. The lowest BCUT2D eigenvalue weighted by Gasteiger charge is -2.20. The SMILES string of the molecule is CCN(C(=O)c1cnc(/C=N\N(C)C(=O)OC)n1C)c1cccnc1. The van der Waals surface area contributed by atoms with Gasteiger partial charge >= 0.3 is 6.09 Å². The van der Waals surface area contributed by atoms with Crippen molar-refractivity contribution in [2.75, 3.05) is 25.6 Å². The molecule has 25 heavy (non-hydrogen) atoms. The number of hydrogen-bond donors (Lipinski definition) is 0. The molecule has 2 amide bonds. The number of carbonyl (C=O) groups excluding carboxylic acids is 2. The Morgan fingerprint density at radius 3 is 2.76 bits per heavy atom. The van der Waals surface area contributed by atoms with Crippen molar-refractivity contribution in [3.63, 3.8) is 0 Å². The summed E-state index contributed by atoms with van der Waals surface area (Å²) >= 11 is 0. The number of amides is 2. The minimum atomic E-state index is -0.601. The fraction of sp³-hybridized carbons (Fsp3) is 0.312. The Hall–Kier alpha value is -3.23. The Balaban J connectivity index is 2.23. The Morgan fingerprint density at radius 2 is 2.16 bits per heavy atom. The first-order chi connectivity index (χ1) is 12.0. The van der Waals surface area contributed by atoms with Gasteiger partial charge in [-0.25, -0.2) is 14.8 Å². The zero-order valence-electron chi connectivity index (χ0n) is 14.6. The van der Waals surface area contributed by atoms with Crippen LogP contribution in [0, 0.1) is 0 Å². The lowest BCUT2D eigenvalue weighted by atomic mass is 10.3. The normalized spacial score (nSPS) is 10.7. The summed E-state index contributed by atoms with van der Waals surface area (Å²) < 4.78 is 6.16. The number of methoxy groups -OCH3 is 1. The van der Waals surface area contributed by atoms with Crippen LogP contribution in [0.25, 0.3) is 0 Å². The van der Waals surface area contributed by atoms with E-state index in [4.69, 9.17) is 0 Å². The van der Waals surface area contributed by atoms with E-state index < -0.39 is 6.09 Å². The number of rotatable bonds is 5. The van der Waals surface area contributed by atoms with Crippen molar-refractivity contribution in [2.45, 2.75) is 6.92 Å². The molecule has 0 bridgehead atoms. The van der Waals surface area contributed by atoms with Crippen molar-refractivity contribution >= 4 is 23.9 Å². The molecule has 0 aliphatic rings. The van der Waals surface area contributed by atoms with Gasteiger partial charge in [0.15, 0.2) is 5.82 Å². The lowest BCUT2D eigenvalue weighted by molar-refractivity contribution is 0.0980. The van der Waals surface area contributed by atoms with Crippen molar-refractivity contribution < 1.29 is 14.3 Å². The summed E-state index contributed by atoms with van der Waals surface area (Å²) in [5.41, 5.74) is 1.10. The average Bonchev–Trinajstić information content (AvgIpc) is 3.01. The summed E-state index contributed by atoms with van der Waals surface area (Å²) in [5, 5.41) is 4.97. The molecule has 9 heteroatoms. The van der Waals surface area contributed by atoms with E-state index in [1.807, 2.05) is 13.0 Å². The molecule has 0 radical (unpaired) electrons. The number of ether oxygens (including phenoxy) is 1. The molecule has 0 aliphatic carbocycles. The topological polar surface area (TPSA) is 92.9 Å². The Labute approximate surface area is 145 Å². The summed E-state index contributed by atoms with van der Waals surface area (Å²) in [6.07, 6.45) is 5.54. The summed E-state index contributed by atoms with van der Waals surface area (Å²) in [4.78, 5) is 33.9. The molecule has 0 atom stereocenters. The maximum absolute atomic E-state index is 12.8. The van der Waals surface area contributed by atoms with Gasteiger partial charge in [-0.2, -0.15) is 5.10 Å². The molecule has 0 unspecified atom stereocenters. The first kappa shape index (κ1) is 18.1. The van der Waals surface area contributed by atoms with Gasteiger partial charge in [-0.1, -0.05) is 0 Å². The predicted molar refractivity (Wildman–Crippen MR) is 92.6 cm³/mol. The molecule has 2 aromatic heterocycles. The van der Waals surface area contributed by atoms with Crippen LogP contribution < -0.4 is 4.90 Å². The molecule has 2 rings (SSSR count). The number of hydrazone groups is 1. The lowest BCUT2D eigenvalue weighted by Crippen LogP contribution is -2.32. The standard InChI is InChI=1S/C16H20N6O3/c1-5-22(12-7-6-8-17-9-12)15(23)13-10-18-14(20(13)2)11-19-21(3)16(24)25-4/h6-11H,5H2,1-4H3/b19-11-. The molecule has 0 spiro atoms. The van der Waals surface area contributed by atoms with Gasteiger partial charge in [-0.05, 0) is 19.1 Å². The van der Waals surface area contributed by atoms with Crippen molar-refractivity contribution in [2.24, 2.45) is 12.1 Å². The molecule has 0 fully saturated rings. The van der Waals surface area contributed by atoms with Crippen LogP contribution in [0.5, 0.6) is 0 Å². The zero-order valence-corrected chi connectivity index (χ0v) is 14.6. The van der Waals surface area contributed by atoms with E-state index >= 15 is 0 Å². The highest BCUT2D eigenvalue weighted by Gasteiger charge is 2.20. The van der Waals surface area contributed by atoms with E-state index in [1.165, 1.54) is 26.6 Å². The van der Waals surface area contributed by atoms with Crippen LogP contribution in [0.2, 0.25) is 0 Å². The van der Waals surface area contributed by atoms with E-state index in [2.05, 4.69) is 19.8 Å². The molecular formula is C16H20N6O3. The second-order valence-electron chi connectivity index (χ2n) is 5.06. The summed E-state index contributed by atoms with van der Waals surface area (Å²) in [5.74, 6) is 0.229. The highest BCUT2D eigenvalue weighted by atomic mass is 16.5. The highest BCUT2D eigenvalue weighted by Crippen LogP contribution is 2.15. The molecule has 0 saturated carbocycles. The quantitative estimate of drug-likeness (QED) is 0.605. The van der Waals surface area contributed by atoms with E-state index in [-0.39, 0.29) is 5.91 Å². The molecule has 132 valence electrons. The van der Waals surface area contributed by atoms with E-state index in [1.54, 1.807) is 35.0 Å². The largest absolute Gasteiger partial charge is 0.451 e. The molecule has 0 aromatic carbocycles. The fourth-order valence-corrected chi connectivity index (χ4v) is 2.16. The molecule has 0 saturated heterocycles. The summed E-state index contributed by atoms with van der Waals surface area (Å²) in [7, 11) is 4.43. The van der Waals surface area contributed by atoms with Crippen LogP contribution in [0.4, 0.5) is 10.5 Å². The Bertz CT molecular complexity index is 771. The molecule has 0 aliphatic heterocycles. The predicted octanol–water partition coefficient (Wildman–Crippen LogP) is 1.51. The van der Waals surface area contributed by atoms with Crippen LogP contribution in [0.15, 0.2) is 35.8 Å². The van der Waals surface area contributed by atoms with Gasteiger partial charge in [-0.3, -0.25) is 9.78 Å². The Morgan fingerprint density at radius 1 is 1.40 bits per heavy atom. The first-order valence-corrected chi connectivity index (χ1v) is 7.58. The molecular weight excluding hydrogens is 324 g/mol. The third-order valence-electron chi connectivity index (χ3n) is 3.55. The van der Waals surface area contributed by atoms with Crippen molar-refractivity contribution in [3.8, 4) is 0 Å². The highest BCUT2D eigenvalue weighted by molar-refractivity contribution is 6.05. The number of nitrogens with zero attached hydrogens (tertiary/aromatic N) is 6. The van der Waals surface area contributed by atoms with Crippen LogP contribution in [0.3, 0.4) is 0 Å². The molecule has 2 aromatic rings. The van der Waals surface area contributed by atoms with Gasteiger partial charge in [0.2, 0.25) is 0 Å². The van der Waals surface area contributed by atoms with Gasteiger partial charge in [0, 0.05) is 26.8 Å². The monoisotopic (exact) mass is 344 g/mol. The van der Waals surface area contributed by atoms with Gasteiger partial charge in [0.1, 0.15) is 5.69 Å². The minimum absolute atomic E-state index is 0.202. The van der Waals surface area contributed by atoms with Crippen molar-refractivity contribution in [1.29, 1.82) is 0 Å². The summed E-state index contributed by atoms with van der Waals surface area (Å²) in [6.45, 7) is 2.37. The van der Waals surface area contributed by atoms with E-state index in [0.717, 1.165) is 5.01 Å². The maximum atomic E-state index is 12.8. The smallest absolute Gasteiger partial charge is 0.429 e. The van der Waals surface area contributed by atoms with Gasteiger partial charge in [-0.15, -0.1) is 0 Å². The van der Waals surface area contributed by atoms with Gasteiger partial charge in [0.25, 0.3) is 5.91 Å². The van der Waals surface area contributed by atoms with Crippen molar-refractivity contribution in [1.82, 2.24) is 19.5 Å². The van der Waals surface area contributed by atoms with E-state index in [9.17, 15) is 9.59 Å². The van der Waals surface area contributed by atoms with Crippen LogP contribution >= 0.6 is 0 Å². The number of aromatic nitrogens is 3. The third kappa shape index (κ3) is 4.00.